The SMILES string of the molecule is NC(=O)c1cc(Nc2c(Cl)ccc3nsnc23)ncc1N. The summed E-state index contributed by atoms with van der Waals surface area (Å²) in [7, 11) is 0. The molecule has 0 atom stereocenters. The topological polar surface area (TPSA) is 120 Å². The van der Waals surface area contributed by atoms with E-state index < -0.39 is 5.91 Å². The number of fused-ring (bicyclic) bond motifs is 1. The Bertz CT molecular complexity index is 849. The third-order valence-corrected chi connectivity index (χ3v) is 3.69. The molecule has 0 saturated carbocycles. The first-order valence-electron chi connectivity index (χ1n) is 5.79. The second kappa shape index (κ2) is 5.15. The Morgan fingerprint density at radius 3 is 2.90 bits per heavy atom. The van der Waals surface area contributed by atoms with Crippen LogP contribution < -0.4 is 16.8 Å². The summed E-state index contributed by atoms with van der Waals surface area (Å²) < 4.78 is 8.33. The van der Waals surface area contributed by atoms with Gasteiger partial charge in [0.1, 0.15) is 16.9 Å². The molecule has 3 rings (SSSR count). The van der Waals surface area contributed by atoms with Gasteiger partial charge in [0.25, 0.3) is 5.91 Å². The van der Waals surface area contributed by atoms with E-state index in [1.807, 2.05) is 0 Å². The molecule has 7 nitrogen and oxygen atoms in total. The number of nitrogen functional groups attached to an aromatic ring is 1. The molecule has 1 aromatic carbocycles. The number of amides is 1. The zero-order valence-electron chi connectivity index (χ0n) is 10.5. The number of nitrogens with two attached hydrogens (primary N) is 2. The van der Waals surface area contributed by atoms with Crippen molar-refractivity contribution in [2.75, 3.05) is 11.1 Å². The predicted molar refractivity (Wildman–Crippen MR) is 82.9 cm³/mol. The van der Waals surface area contributed by atoms with Crippen molar-refractivity contribution in [3.63, 3.8) is 0 Å². The van der Waals surface area contributed by atoms with E-state index in [0.717, 1.165) is 17.2 Å². The molecule has 0 aliphatic heterocycles. The number of nitrogens with zero attached hydrogens (tertiary/aromatic N) is 3. The van der Waals surface area contributed by atoms with Crippen LogP contribution in [0.1, 0.15) is 10.4 Å². The molecule has 2 aromatic heterocycles. The minimum absolute atomic E-state index is 0.187. The van der Waals surface area contributed by atoms with E-state index in [2.05, 4.69) is 19.0 Å². The third-order valence-electron chi connectivity index (χ3n) is 2.83. The lowest BCUT2D eigenvalue weighted by molar-refractivity contribution is 0.100. The summed E-state index contributed by atoms with van der Waals surface area (Å²) in [5, 5.41) is 3.49. The molecule has 9 heteroatoms. The van der Waals surface area contributed by atoms with Crippen LogP contribution in [0.15, 0.2) is 24.4 Å². The van der Waals surface area contributed by atoms with Gasteiger partial charge in [-0.3, -0.25) is 4.79 Å². The van der Waals surface area contributed by atoms with E-state index in [1.165, 1.54) is 12.3 Å². The number of aromatic nitrogens is 3. The molecule has 106 valence electrons. The van der Waals surface area contributed by atoms with E-state index >= 15 is 0 Å². The maximum atomic E-state index is 11.3. The van der Waals surface area contributed by atoms with Crippen molar-refractivity contribution in [3.05, 3.63) is 35.0 Å². The Hall–Kier alpha value is -2.45. The molecular weight excluding hydrogens is 312 g/mol. The molecule has 0 aliphatic rings. The van der Waals surface area contributed by atoms with Gasteiger partial charge in [-0.2, -0.15) is 8.75 Å². The van der Waals surface area contributed by atoms with Crippen molar-refractivity contribution in [1.29, 1.82) is 0 Å². The van der Waals surface area contributed by atoms with E-state index in [4.69, 9.17) is 23.1 Å². The fraction of sp³-hybridized carbons (Fsp3) is 0. The molecule has 3 aromatic rings. The number of primary amides is 1. The number of anilines is 3. The molecule has 0 radical (unpaired) electrons. The van der Waals surface area contributed by atoms with Crippen LogP contribution in [-0.2, 0) is 0 Å². The number of carbonyl (C=O) groups excluding carboxylic acids is 1. The van der Waals surface area contributed by atoms with Crippen LogP contribution in [0.5, 0.6) is 0 Å². The van der Waals surface area contributed by atoms with Gasteiger partial charge >= 0.3 is 0 Å². The molecule has 0 unspecified atom stereocenters. The maximum Gasteiger partial charge on any atom is 0.250 e. The van der Waals surface area contributed by atoms with Gasteiger partial charge in [-0.15, -0.1) is 0 Å². The smallest absolute Gasteiger partial charge is 0.250 e. The number of rotatable bonds is 3. The monoisotopic (exact) mass is 320 g/mol. The van der Waals surface area contributed by atoms with Crippen LogP contribution in [0.3, 0.4) is 0 Å². The summed E-state index contributed by atoms with van der Waals surface area (Å²) in [6.07, 6.45) is 1.36. The molecule has 0 bridgehead atoms. The molecule has 0 saturated heterocycles. The second-order valence-electron chi connectivity index (χ2n) is 4.20. The van der Waals surface area contributed by atoms with Crippen molar-refractivity contribution >= 4 is 57.5 Å². The number of nitrogens with one attached hydrogen (secondary N) is 1. The van der Waals surface area contributed by atoms with E-state index in [0.29, 0.717) is 22.0 Å². The van der Waals surface area contributed by atoms with Gasteiger partial charge in [-0.25, -0.2) is 4.98 Å². The van der Waals surface area contributed by atoms with Crippen LogP contribution >= 0.6 is 23.3 Å². The Labute approximate surface area is 128 Å². The Balaban J connectivity index is 2.06. The summed E-state index contributed by atoms with van der Waals surface area (Å²) in [4.78, 5) is 15.4. The summed E-state index contributed by atoms with van der Waals surface area (Å²) in [6.45, 7) is 0. The average Bonchev–Trinajstić information content (AvgIpc) is 2.92. The highest BCUT2D eigenvalue weighted by Crippen LogP contribution is 2.32. The first kappa shape index (κ1) is 13.5. The first-order chi connectivity index (χ1) is 10.1. The Morgan fingerprint density at radius 2 is 2.14 bits per heavy atom. The largest absolute Gasteiger partial charge is 0.397 e. The minimum atomic E-state index is -0.627. The fourth-order valence-electron chi connectivity index (χ4n) is 1.82. The number of halogens is 1. The zero-order chi connectivity index (χ0) is 15.0. The maximum absolute atomic E-state index is 11.3. The van der Waals surface area contributed by atoms with Crippen LogP contribution in [0, 0.1) is 0 Å². The summed E-state index contributed by atoms with van der Waals surface area (Å²) in [6, 6.07) is 4.95. The van der Waals surface area contributed by atoms with Crippen molar-refractivity contribution < 1.29 is 4.79 Å². The van der Waals surface area contributed by atoms with Gasteiger partial charge in [0, 0.05) is 0 Å². The molecule has 0 spiro atoms. The standard InChI is InChI=1S/C12H9ClN6OS/c13-6-1-2-8-11(19-21-18-8)10(6)17-9-3-5(12(15)20)7(14)4-16-9/h1-4H,14H2,(H2,15,20)(H,16,17). The van der Waals surface area contributed by atoms with Crippen LogP contribution in [0.25, 0.3) is 11.0 Å². The number of pyridine rings is 1. The molecule has 1 amide bonds. The van der Waals surface area contributed by atoms with Gasteiger partial charge in [0.2, 0.25) is 0 Å². The molecular formula is C12H9ClN6OS. The van der Waals surface area contributed by atoms with Crippen LogP contribution in [-0.4, -0.2) is 19.6 Å². The molecule has 0 fully saturated rings. The van der Waals surface area contributed by atoms with Crippen LogP contribution in [0.2, 0.25) is 5.02 Å². The highest BCUT2D eigenvalue weighted by molar-refractivity contribution is 7.00. The summed E-state index contributed by atoms with van der Waals surface area (Å²) >= 11 is 7.26. The first-order valence-corrected chi connectivity index (χ1v) is 6.90. The van der Waals surface area contributed by atoms with Crippen LogP contribution in [0.4, 0.5) is 17.2 Å². The van der Waals surface area contributed by atoms with Crippen molar-refractivity contribution in [2.24, 2.45) is 5.73 Å². The Kier molecular flexibility index (Phi) is 3.32. The van der Waals surface area contributed by atoms with E-state index in [-0.39, 0.29) is 11.3 Å². The lowest BCUT2D eigenvalue weighted by atomic mass is 10.2. The number of benzene rings is 1. The molecule has 5 N–H and O–H groups in total. The van der Waals surface area contributed by atoms with Gasteiger partial charge in [-0.05, 0) is 18.2 Å². The van der Waals surface area contributed by atoms with Crippen molar-refractivity contribution in [1.82, 2.24) is 13.7 Å². The minimum Gasteiger partial charge on any atom is -0.397 e. The Morgan fingerprint density at radius 1 is 1.33 bits per heavy atom. The van der Waals surface area contributed by atoms with E-state index in [1.54, 1.807) is 12.1 Å². The zero-order valence-corrected chi connectivity index (χ0v) is 12.1. The third kappa shape index (κ3) is 2.46. The van der Waals surface area contributed by atoms with Crippen molar-refractivity contribution in [3.8, 4) is 0 Å². The highest BCUT2D eigenvalue weighted by atomic mass is 35.5. The van der Waals surface area contributed by atoms with E-state index in [9.17, 15) is 4.79 Å². The molecule has 0 aliphatic carbocycles. The summed E-state index contributed by atoms with van der Waals surface area (Å²) in [5.74, 6) is -0.238. The van der Waals surface area contributed by atoms with Gasteiger partial charge in [0.05, 0.1) is 39.9 Å². The lowest BCUT2D eigenvalue weighted by Gasteiger charge is -2.09. The normalized spacial score (nSPS) is 10.7. The van der Waals surface area contributed by atoms with Gasteiger partial charge in [-0.1, -0.05) is 11.6 Å². The van der Waals surface area contributed by atoms with Gasteiger partial charge in [0.15, 0.2) is 0 Å². The number of hydrogen-bond acceptors (Lipinski definition) is 7. The quantitative estimate of drug-likeness (QED) is 0.680. The number of hydrogen-bond donors (Lipinski definition) is 3. The fourth-order valence-corrected chi connectivity index (χ4v) is 2.56. The summed E-state index contributed by atoms with van der Waals surface area (Å²) in [5.41, 5.74) is 13.2. The average molecular weight is 321 g/mol. The number of carbonyl (C=O) groups is 1. The molecule has 21 heavy (non-hydrogen) atoms. The second-order valence-corrected chi connectivity index (χ2v) is 5.14. The van der Waals surface area contributed by atoms with Crippen molar-refractivity contribution in [2.45, 2.75) is 0 Å². The molecule has 2 heterocycles. The van der Waals surface area contributed by atoms with Gasteiger partial charge < -0.3 is 16.8 Å². The highest BCUT2D eigenvalue weighted by Gasteiger charge is 2.13. The lowest BCUT2D eigenvalue weighted by Crippen LogP contribution is -2.14. The predicted octanol–water partition coefficient (Wildman–Crippen LogP) is 2.16.